The van der Waals surface area contributed by atoms with Gasteiger partial charge < -0.3 is 14.1 Å². The van der Waals surface area contributed by atoms with Crippen LogP contribution < -0.4 is 11.2 Å². The zero-order valence-corrected chi connectivity index (χ0v) is 22.9. The summed E-state index contributed by atoms with van der Waals surface area (Å²) in [6.07, 6.45) is -0.501. The van der Waals surface area contributed by atoms with Crippen LogP contribution in [0, 0.1) is 5.92 Å². The number of amides is 1. The fourth-order valence-electron chi connectivity index (χ4n) is 4.82. The topological polar surface area (TPSA) is 125 Å². The van der Waals surface area contributed by atoms with E-state index in [1.165, 1.54) is 6.20 Å². The van der Waals surface area contributed by atoms with Gasteiger partial charge in [0.05, 0.1) is 28.7 Å². The van der Waals surface area contributed by atoms with Crippen LogP contribution in [0.5, 0.6) is 0 Å². The van der Waals surface area contributed by atoms with Crippen LogP contribution in [0.4, 0.5) is 13.6 Å². The van der Waals surface area contributed by atoms with Crippen molar-refractivity contribution in [2.24, 2.45) is 5.92 Å². The third kappa shape index (κ3) is 6.18. The van der Waals surface area contributed by atoms with E-state index in [0.717, 1.165) is 4.57 Å². The van der Waals surface area contributed by atoms with Crippen LogP contribution in [0.1, 0.15) is 51.6 Å². The van der Waals surface area contributed by atoms with Crippen molar-refractivity contribution in [1.82, 2.24) is 29.2 Å². The first-order valence-electron chi connectivity index (χ1n) is 13.3. The Morgan fingerprint density at radius 1 is 1.07 bits per heavy atom. The predicted octanol–water partition coefficient (Wildman–Crippen LogP) is 4.24. The van der Waals surface area contributed by atoms with Gasteiger partial charge in [0.2, 0.25) is 5.89 Å². The van der Waals surface area contributed by atoms with Gasteiger partial charge in [0.1, 0.15) is 5.60 Å². The highest BCUT2D eigenvalue weighted by molar-refractivity contribution is 5.77. The average Bonchev–Trinajstić information content (AvgIpc) is 3.44. The van der Waals surface area contributed by atoms with Crippen LogP contribution in [0.25, 0.3) is 22.4 Å². The minimum Gasteiger partial charge on any atom is -0.444 e. The highest BCUT2D eigenvalue weighted by atomic mass is 19.3. The molecule has 216 valence electrons. The Morgan fingerprint density at radius 3 is 2.44 bits per heavy atom. The summed E-state index contributed by atoms with van der Waals surface area (Å²) in [7, 11) is 0. The molecule has 4 heterocycles. The quantitative estimate of drug-likeness (QED) is 0.338. The summed E-state index contributed by atoms with van der Waals surface area (Å²) < 4.78 is 38.7. The number of para-hydroxylation sites is 1. The molecule has 0 aliphatic carbocycles. The highest BCUT2D eigenvalue weighted by Crippen LogP contribution is 2.24. The Bertz CT molecular complexity index is 1660. The maximum Gasteiger partial charge on any atom is 0.410 e. The van der Waals surface area contributed by atoms with Gasteiger partial charge in [0.15, 0.2) is 0 Å². The molecule has 41 heavy (non-hydrogen) atoms. The van der Waals surface area contributed by atoms with E-state index in [4.69, 9.17) is 9.15 Å². The number of nitrogens with zero attached hydrogens (tertiary/aromatic N) is 6. The van der Waals surface area contributed by atoms with E-state index in [-0.39, 0.29) is 24.4 Å². The molecule has 1 fully saturated rings. The van der Waals surface area contributed by atoms with Crippen LogP contribution in [-0.4, -0.2) is 54.0 Å². The number of aromatic nitrogens is 5. The molecular weight excluding hydrogens is 538 g/mol. The minimum atomic E-state index is -2.89. The van der Waals surface area contributed by atoms with Crippen molar-refractivity contribution < 1.29 is 22.7 Å². The number of rotatable bonds is 6. The van der Waals surface area contributed by atoms with Gasteiger partial charge in [-0.25, -0.2) is 9.59 Å². The third-order valence-corrected chi connectivity index (χ3v) is 6.86. The molecule has 5 rings (SSSR count). The standard InChI is InChI=1S/C28H30F2N6O5/c1-28(2,3)41-27(39)34-12-10-17(11-13-34)15-35-21-7-5-4-6-20(21)25(37)36(26(35)38)16-19-9-8-18(14-31-19)23-32-33-24(40-23)22(29)30/h4-9,14,17,22H,10-13,15-16H2,1-3H3. The summed E-state index contributed by atoms with van der Waals surface area (Å²) in [4.78, 5) is 45.4. The molecule has 1 amide bonds. The number of halogens is 2. The number of hydrogen-bond donors (Lipinski definition) is 0. The molecule has 3 aromatic heterocycles. The molecule has 11 nitrogen and oxygen atoms in total. The number of piperidine rings is 1. The van der Waals surface area contributed by atoms with Crippen molar-refractivity contribution in [2.45, 2.75) is 58.7 Å². The van der Waals surface area contributed by atoms with Gasteiger partial charge in [-0.2, -0.15) is 8.78 Å². The van der Waals surface area contributed by atoms with E-state index in [1.807, 2.05) is 20.8 Å². The fraction of sp³-hybridized carbons (Fsp3) is 0.429. The lowest BCUT2D eigenvalue weighted by atomic mass is 9.96. The van der Waals surface area contributed by atoms with Crippen molar-refractivity contribution in [3.05, 3.63) is 75.0 Å². The van der Waals surface area contributed by atoms with E-state index in [1.54, 1.807) is 45.9 Å². The smallest absolute Gasteiger partial charge is 0.410 e. The summed E-state index contributed by atoms with van der Waals surface area (Å²) >= 11 is 0. The number of pyridine rings is 1. The number of ether oxygens (including phenoxy) is 1. The van der Waals surface area contributed by atoms with Gasteiger partial charge in [0, 0.05) is 25.8 Å². The van der Waals surface area contributed by atoms with Crippen molar-refractivity contribution in [2.75, 3.05) is 13.1 Å². The second kappa shape index (κ2) is 11.2. The first-order chi connectivity index (χ1) is 19.5. The van der Waals surface area contributed by atoms with Gasteiger partial charge >= 0.3 is 18.2 Å². The number of carbonyl (C=O) groups is 1. The zero-order valence-electron chi connectivity index (χ0n) is 22.9. The maximum absolute atomic E-state index is 13.7. The van der Waals surface area contributed by atoms with Gasteiger partial charge in [-0.1, -0.05) is 12.1 Å². The summed E-state index contributed by atoms with van der Waals surface area (Å²) in [6.45, 7) is 6.80. The van der Waals surface area contributed by atoms with Gasteiger partial charge in [-0.3, -0.25) is 18.9 Å². The molecule has 0 atom stereocenters. The van der Waals surface area contributed by atoms with E-state index < -0.39 is 29.2 Å². The number of likely N-dealkylation sites (tertiary alicyclic amines) is 1. The number of benzene rings is 1. The normalized spacial score (nSPS) is 14.6. The Labute approximate surface area is 233 Å². The largest absolute Gasteiger partial charge is 0.444 e. The molecule has 1 aromatic carbocycles. The van der Waals surface area contributed by atoms with Crippen LogP contribution in [-0.2, 0) is 17.8 Å². The molecule has 0 spiro atoms. The fourth-order valence-corrected chi connectivity index (χ4v) is 4.82. The van der Waals surface area contributed by atoms with Crippen LogP contribution in [0.15, 0.2) is 56.6 Å². The van der Waals surface area contributed by atoms with Crippen LogP contribution in [0.2, 0.25) is 0 Å². The monoisotopic (exact) mass is 568 g/mol. The first-order valence-corrected chi connectivity index (χ1v) is 13.3. The summed E-state index contributed by atoms with van der Waals surface area (Å²) in [5, 5.41) is 7.32. The highest BCUT2D eigenvalue weighted by Gasteiger charge is 2.28. The van der Waals surface area contributed by atoms with Crippen molar-refractivity contribution >= 4 is 17.0 Å². The number of fused-ring (bicyclic) bond motifs is 1. The van der Waals surface area contributed by atoms with Gasteiger partial charge in [-0.15, -0.1) is 10.2 Å². The Kier molecular flexibility index (Phi) is 7.70. The molecule has 0 radical (unpaired) electrons. The Hall–Kier alpha value is -4.42. The maximum atomic E-state index is 13.7. The molecule has 0 bridgehead atoms. The Morgan fingerprint density at radius 2 is 1.80 bits per heavy atom. The molecule has 1 aliphatic rings. The van der Waals surface area contributed by atoms with Gasteiger partial charge in [0.25, 0.3) is 11.4 Å². The van der Waals surface area contributed by atoms with E-state index in [0.29, 0.717) is 54.6 Å². The van der Waals surface area contributed by atoms with Crippen LogP contribution >= 0.6 is 0 Å². The van der Waals surface area contributed by atoms with Crippen LogP contribution in [0.3, 0.4) is 0 Å². The summed E-state index contributed by atoms with van der Waals surface area (Å²) in [6, 6.07) is 10.1. The lowest BCUT2D eigenvalue weighted by molar-refractivity contribution is 0.0178. The number of alkyl halides is 2. The van der Waals surface area contributed by atoms with Crippen molar-refractivity contribution in [3.63, 3.8) is 0 Å². The first kappa shape index (κ1) is 28.1. The lowest BCUT2D eigenvalue weighted by Gasteiger charge is -2.33. The minimum absolute atomic E-state index is 0.0913. The SMILES string of the molecule is CC(C)(C)OC(=O)N1CCC(Cn2c(=O)n(Cc3ccc(-c4nnc(C(F)F)o4)cn3)c(=O)c3ccccc32)CC1. The molecule has 13 heteroatoms. The summed E-state index contributed by atoms with van der Waals surface area (Å²) in [5.74, 6) is -0.782. The molecule has 0 N–H and O–H groups in total. The van der Waals surface area contributed by atoms with E-state index in [2.05, 4.69) is 15.2 Å². The number of carbonyl (C=O) groups excluding carboxylic acids is 1. The van der Waals surface area contributed by atoms with E-state index >= 15 is 0 Å². The van der Waals surface area contributed by atoms with E-state index in [9.17, 15) is 23.2 Å². The third-order valence-electron chi connectivity index (χ3n) is 6.86. The molecule has 0 saturated carbocycles. The molecule has 0 unspecified atom stereocenters. The summed E-state index contributed by atoms with van der Waals surface area (Å²) in [5.41, 5.74) is -0.196. The molecule has 4 aromatic rings. The molecule has 1 saturated heterocycles. The van der Waals surface area contributed by atoms with Crippen molar-refractivity contribution in [1.29, 1.82) is 0 Å². The predicted molar refractivity (Wildman–Crippen MR) is 145 cm³/mol. The Balaban J connectivity index is 1.37. The molecular formula is C28H30F2N6O5. The van der Waals surface area contributed by atoms with Gasteiger partial charge in [-0.05, 0) is 63.8 Å². The van der Waals surface area contributed by atoms with Crippen molar-refractivity contribution in [3.8, 4) is 11.5 Å². The zero-order chi connectivity index (χ0) is 29.3. The second-order valence-corrected chi connectivity index (χ2v) is 11.0. The second-order valence-electron chi connectivity index (χ2n) is 11.0. The molecule has 1 aliphatic heterocycles. The number of hydrogen-bond acceptors (Lipinski definition) is 8. The lowest BCUT2D eigenvalue weighted by Crippen LogP contribution is -2.44. The average molecular weight is 569 g/mol.